The van der Waals surface area contributed by atoms with Crippen molar-refractivity contribution in [2.24, 2.45) is 11.3 Å². The van der Waals surface area contributed by atoms with Crippen LogP contribution in [0, 0.1) is 11.3 Å². The first-order valence-corrected chi connectivity index (χ1v) is 9.89. The maximum Gasteiger partial charge on any atom is 0.328 e. The largest absolute Gasteiger partial charge is 0.376 e. The van der Waals surface area contributed by atoms with Crippen molar-refractivity contribution in [3.63, 3.8) is 0 Å². The number of hydrogen-bond donors (Lipinski definition) is 1. The standard InChI is InChI=1S/C22H28N2O4/c1-21(2,3)28-18-11-17(24-10-9-19(25)23-20(24)26)16-12-22(16,18)14-27-13-15-7-5-4-6-8-15/h4-10,16-18H,11-14H2,1-3H3,(H,23,25,26)/t16?,17-,18-,22+/m0/s1. The van der Waals surface area contributed by atoms with Crippen molar-refractivity contribution in [2.75, 3.05) is 6.61 Å². The van der Waals surface area contributed by atoms with Crippen LogP contribution in [0.15, 0.2) is 52.2 Å². The Labute approximate surface area is 164 Å². The Morgan fingerprint density at radius 3 is 2.61 bits per heavy atom. The zero-order chi connectivity index (χ0) is 19.9. The molecule has 2 aliphatic rings. The van der Waals surface area contributed by atoms with Crippen LogP contribution in [0.4, 0.5) is 0 Å². The third-order valence-corrected chi connectivity index (χ3v) is 5.93. The van der Waals surface area contributed by atoms with Crippen molar-refractivity contribution in [1.82, 2.24) is 9.55 Å². The van der Waals surface area contributed by atoms with E-state index in [9.17, 15) is 9.59 Å². The normalized spacial score (nSPS) is 28.9. The van der Waals surface area contributed by atoms with Gasteiger partial charge in [0.05, 0.1) is 24.9 Å². The fourth-order valence-electron chi connectivity index (χ4n) is 4.64. The molecule has 1 aromatic carbocycles. The van der Waals surface area contributed by atoms with Gasteiger partial charge in [-0.2, -0.15) is 0 Å². The number of aromatic nitrogens is 2. The predicted octanol–water partition coefficient (Wildman–Crippen LogP) is 2.89. The summed E-state index contributed by atoms with van der Waals surface area (Å²) >= 11 is 0. The van der Waals surface area contributed by atoms with Crippen molar-refractivity contribution in [1.29, 1.82) is 0 Å². The lowest BCUT2D eigenvalue weighted by Crippen LogP contribution is -2.35. The Bertz CT molecular complexity index is 943. The number of nitrogens with zero attached hydrogens (tertiary/aromatic N) is 1. The average molecular weight is 384 g/mol. The highest BCUT2D eigenvalue weighted by molar-refractivity contribution is 5.19. The van der Waals surface area contributed by atoms with Gasteiger partial charge in [-0.3, -0.25) is 14.3 Å². The molecule has 0 bridgehead atoms. The molecular weight excluding hydrogens is 356 g/mol. The van der Waals surface area contributed by atoms with Crippen LogP contribution < -0.4 is 11.2 Å². The molecule has 0 spiro atoms. The smallest absolute Gasteiger partial charge is 0.328 e. The van der Waals surface area contributed by atoms with Gasteiger partial charge in [-0.15, -0.1) is 0 Å². The molecule has 0 radical (unpaired) electrons. The van der Waals surface area contributed by atoms with Crippen LogP contribution in [-0.2, 0) is 16.1 Å². The van der Waals surface area contributed by atoms with E-state index in [-0.39, 0.29) is 34.4 Å². The third-order valence-electron chi connectivity index (χ3n) is 5.93. The van der Waals surface area contributed by atoms with Gasteiger partial charge in [0.15, 0.2) is 0 Å². The third kappa shape index (κ3) is 3.71. The number of ether oxygens (including phenoxy) is 2. The van der Waals surface area contributed by atoms with Gasteiger partial charge in [0.2, 0.25) is 0 Å². The lowest BCUT2D eigenvalue weighted by molar-refractivity contribution is -0.104. The Morgan fingerprint density at radius 2 is 1.93 bits per heavy atom. The number of benzene rings is 1. The first-order chi connectivity index (χ1) is 13.3. The molecule has 6 heteroatoms. The molecule has 2 saturated carbocycles. The van der Waals surface area contributed by atoms with Crippen molar-refractivity contribution < 1.29 is 9.47 Å². The SMILES string of the molecule is CC(C)(C)O[C@H]1C[C@H](n2ccc(=O)[nH]c2=O)C2C[C@@]21COCc1ccccc1. The first-order valence-electron chi connectivity index (χ1n) is 9.89. The predicted molar refractivity (Wildman–Crippen MR) is 106 cm³/mol. The molecule has 0 saturated heterocycles. The molecule has 1 aromatic heterocycles. The summed E-state index contributed by atoms with van der Waals surface area (Å²) in [6.07, 6.45) is 3.36. The van der Waals surface area contributed by atoms with E-state index in [1.807, 2.05) is 18.2 Å². The van der Waals surface area contributed by atoms with Gasteiger partial charge in [-0.1, -0.05) is 30.3 Å². The van der Waals surface area contributed by atoms with E-state index >= 15 is 0 Å². The van der Waals surface area contributed by atoms with Gasteiger partial charge in [-0.05, 0) is 45.1 Å². The van der Waals surface area contributed by atoms with Crippen LogP contribution in [0.25, 0.3) is 0 Å². The number of aromatic amines is 1. The van der Waals surface area contributed by atoms with Gasteiger partial charge in [0.25, 0.3) is 5.56 Å². The van der Waals surface area contributed by atoms with E-state index in [0.29, 0.717) is 19.1 Å². The Kier molecular flexibility index (Phi) is 4.79. The molecule has 0 amide bonds. The van der Waals surface area contributed by atoms with Crippen LogP contribution >= 0.6 is 0 Å². The quantitative estimate of drug-likeness (QED) is 0.831. The number of nitrogens with one attached hydrogen (secondary N) is 1. The molecule has 28 heavy (non-hydrogen) atoms. The summed E-state index contributed by atoms with van der Waals surface area (Å²) in [5.41, 5.74) is 0.0999. The van der Waals surface area contributed by atoms with E-state index in [0.717, 1.165) is 18.4 Å². The van der Waals surface area contributed by atoms with Gasteiger partial charge >= 0.3 is 5.69 Å². The highest BCUT2D eigenvalue weighted by Gasteiger charge is 2.68. The molecular formula is C22H28N2O4. The number of rotatable bonds is 6. The van der Waals surface area contributed by atoms with E-state index in [2.05, 4.69) is 37.9 Å². The maximum atomic E-state index is 12.3. The van der Waals surface area contributed by atoms with Crippen molar-refractivity contribution >= 4 is 0 Å². The minimum absolute atomic E-state index is 0.0250. The van der Waals surface area contributed by atoms with Crippen LogP contribution in [0.2, 0.25) is 0 Å². The van der Waals surface area contributed by atoms with Crippen LogP contribution in [0.1, 0.15) is 45.2 Å². The van der Waals surface area contributed by atoms with Gasteiger partial charge in [-0.25, -0.2) is 4.79 Å². The van der Waals surface area contributed by atoms with Crippen molar-refractivity contribution in [2.45, 2.75) is 58.0 Å². The minimum Gasteiger partial charge on any atom is -0.376 e. The van der Waals surface area contributed by atoms with Crippen LogP contribution in [-0.4, -0.2) is 27.9 Å². The minimum atomic E-state index is -0.366. The summed E-state index contributed by atoms with van der Waals surface area (Å²) in [7, 11) is 0. The summed E-state index contributed by atoms with van der Waals surface area (Å²) < 4.78 is 14.2. The lowest BCUT2D eigenvalue weighted by Gasteiger charge is -2.31. The summed E-state index contributed by atoms with van der Waals surface area (Å²) in [5, 5.41) is 0. The fraction of sp³-hybridized carbons (Fsp3) is 0.545. The Balaban J connectivity index is 1.53. The Morgan fingerprint density at radius 1 is 1.18 bits per heavy atom. The Hall–Kier alpha value is -2.18. The molecule has 1 heterocycles. The summed E-state index contributed by atoms with van der Waals surface area (Å²) in [6.45, 7) is 7.36. The lowest BCUT2D eigenvalue weighted by atomic mass is 10.0. The second-order valence-electron chi connectivity index (χ2n) is 9.06. The van der Waals surface area contributed by atoms with E-state index in [1.54, 1.807) is 10.8 Å². The second kappa shape index (κ2) is 7.01. The number of H-pyrrole nitrogens is 1. The molecule has 4 atom stereocenters. The van der Waals surface area contributed by atoms with E-state index in [4.69, 9.17) is 9.47 Å². The molecule has 0 aliphatic heterocycles. The zero-order valence-corrected chi connectivity index (χ0v) is 16.7. The highest BCUT2D eigenvalue weighted by Crippen LogP contribution is 2.68. The topological polar surface area (TPSA) is 73.3 Å². The number of fused-ring (bicyclic) bond motifs is 1. The molecule has 2 aliphatic carbocycles. The van der Waals surface area contributed by atoms with E-state index < -0.39 is 0 Å². The summed E-state index contributed by atoms with van der Waals surface area (Å²) in [6, 6.07) is 11.6. The molecule has 150 valence electrons. The molecule has 4 rings (SSSR count). The molecule has 1 N–H and O–H groups in total. The van der Waals surface area contributed by atoms with Crippen molar-refractivity contribution in [3.05, 3.63) is 69.0 Å². The van der Waals surface area contributed by atoms with Crippen LogP contribution in [0.3, 0.4) is 0 Å². The van der Waals surface area contributed by atoms with Gasteiger partial charge in [0.1, 0.15) is 0 Å². The number of hydrogen-bond acceptors (Lipinski definition) is 4. The maximum absolute atomic E-state index is 12.3. The summed E-state index contributed by atoms with van der Waals surface area (Å²) in [4.78, 5) is 26.1. The second-order valence-corrected chi connectivity index (χ2v) is 9.06. The van der Waals surface area contributed by atoms with Crippen molar-refractivity contribution in [3.8, 4) is 0 Å². The highest BCUT2D eigenvalue weighted by atomic mass is 16.5. The van der Waals surface area contributed by atoms with Gasteiger partial charge < -0.3 is 9.47 Å². The monoisotopic (exact) mass is 384 g/mol. The summed E-state index contributed by atoms with van der Waals surface area (Å²) in [5.74, 6) is 0.319. The molecule has 1 unspecified atom stereocenters. The van der Waals surface area contributed by atoms with E-state index in [1.165, 1.54) is 6.07 Å². The molecule has 2 fully saturated rings. The first kappa shape index (κ1) is 19.2. The average Bonchev–Trinajstić information content (AvgIpc) is 3.28. The molecule has 2 aromatic rings. The fourth-order valence-corrected chi connectivity index (χ4v) is 4.64. The van der Waals surface area contributed by atoms with Crippen LogP contribution in [0.5, 0.6) is 0 Å². The van der Waals surface area contributed by atoms with Gasteiger partial charge in [0, 0.05) is 23.7 Å². The molecule has 6 nitrogen and oxygen atoms in total. The zero-order valence-electron chi connectivity index (χ0n) is 16.7.